The number of ether oxygens (including phenoxy) is 1. The quantitative estimate of drug-likeness (QED) is 0.343. The van der Waals surface area contributed by atoms with Crippen molar-refractivity contribution in [1.29, 1.82) is 0 Å². The minimum atomic E-state index is -0.385. The van der Waals surface area contributed by atoms with E-state index in [1.807, 2.05) is 78.9 Å². The predicted octanol–water partition coefficient (Wildman–Crippen LogP) is 5.41. The zero-order valence-corrected chi connectivity index (χ0v) is 15.9. The van der Waals surface area contributed by atoms with E-state index in [1.54, 1.807) is 12.1 Å². The number of hydrogen-bond donors (Lipinski definition) is 0. The molecule has 0 N–H and O–H groups in total. The van der Waals surface area contributed by atoms with Gasteiger partial charge in [0.1, 0.15) is 0 Å². The Balaban J connectivity index is 1.98. The highest BCUT2D eigenvalue weighted by atomic mass is 16.5. The molecule has 4 nitrogen and oxygen atoms in total. The van der Waals surface area contributed by atoms with Gasteiger partial charge in [0, 0.05) is 11.3 Å². The average molecular weight is 381 g/mol. The lowest BCUT2D eigenvalue weighted by Crippen LogP contribution is -2.03. The number of hydrogen-bond acceptors (Lipinski definition) is 3. The maximum atomic E-state index is 11.9. The van der Waals surface area contributed by atoms with E-state index in [0.29, 0.717) is 11.1 Å². The first-order valence-corrected chi connectivity index (χ1v) is 9.23. The number of aldehydes is 1. The van der Waals surface area contributed by atoms with Gasteiger partial charge < -0.3 is 9.30 Å². The molecule has 0 aliphatic heterocycles. The molecule has 4 rings (SSSR count). The van der Waals surface area contributed by atoms with Gasteiger partial charge in [0.05, 0.1) is 24.1 Å². The van der Waals surface area contributed by atoms with Crippen LogP contribution in [0.1, 0.15) is 20.7 Å². The van der Waals surface area contributed by atoms with Gasteiger partial charge in [-0.05, 0) is 41.5 Å². The number of methoxy groups -OCH3 is 1. The molecule has 29 heavy (non-hydrogen) atoms. The van der Waals surface area contributed by atoms with Crippen LogP contribution in [0, 0.1) is 0 Å². The smallest absolute Gasteiger partial charge is 0.337 e. The zero-order chi connectivity index (χ0) is 20.2. The van der Waals surface area contributed by atoms with Crippen molar-refractivity contribution in [3.63, 3.8) is 0 Å². The molecular formula is C25H19NO3. The van der Waals surface area contributed by atoms with Crippen LogP contribution in [0.3, 0.4) is 0 Å². The minimum Gasteiger partial charge on any atom is -0.465 e. The van der Waals surface area contributed by atoms with Gasteiger partial charge in [-0.1, -0.05) is 60.7 Å². The minimum absolute atomic E-state index is 0.385. The van der Waals surface area contributed by atoms with Gasteiger partial charge >= 0.3 is 5.97 Å². The van der Waals surface area contributed by atoms with Gasteiger partial charge in [0.25, 0.3) is 0 Å². The Morgan fingerprint density at radius 1 is 0.828 bits per heavy atom. The molecule has 0 fully saturated rings. The summed E-state index contributed by atoms with van der Waals surface area (Å²) in [6.07, 6.45) is 0.883. The number of benzene rings is 3. The SMILES string of the molecule is COC(=O)c1ccc(-n2c(-c3ccccc3)cc(C=O)c2-c2ccccc2)cc1. The molecule has 0 saturated heterocycles. The Bertz CT molecular complexity index is 1140. The van der Waals surface area contributed by atoms with Crippen LogP contribution in [0.4, 0.5) is 0 Å². The first-order chi connectivity index (χ1) is 14.2. The molecule has 0 saturated carbocycles. The molecule has 3 aromatic carbocycles. The van der Waals surface area contributed by atoms with Crippen LogP contribution in [0.25, 0.3) is 28.2 Å². The Labute approximate surface area is 169 Å². The van der Waals surface area contributed by atoms with Crippen LogP contribution in [0.5, 0.6) is 0 Å². The number of rotatable bonds is 5. The summed E-state index contributed by atoms with van der Waals surface area (Å²) < 4.78 is 6.85. The molecule has 0 aliphatic rings. The van der Waals surface area contributed by atoms with E-state index in [-0.39, 0.29) is 5.97 Å². The van der Waals surface area contributed by atoms with Crippen LogP contribution in [0.15, 0.2) is 91.0 Å². The van der Waals surface area contributed by atoms with Gasteiger partial charge in [-0.2, -0.15) is 0 Å². The third kappa shape index (κ3) is 3.48. The highest BCUT2D eigenvalue weighted by molar-refractivity contribution is 5.92. The Kier molecular flexibility index (Phi) is 5.08. The van der Waals surface area contributed by atoms with E-state index in [9.17, 15) is 9.59 Å². The Morgan fingerprint density at radius 3 is 1.97 bits per heavy atom. The fourth-order valence-electron chi connectivity index (χ4n) is 3.47. The van der Waals surface area contributed by atoms with Crippen molar-refractivity contribution in [1.82, 2.24) is 4.57 Å². The van der Waals surface area contributed by atoms with Crippen molar-refractivity contribution in [2.45, 2.75) is 0 Å². The number of carbonyl (C=O) groups excluding carboxylic acids is 2. The summed E-state index contributed by atoms with van der Waals surface area (Å²) in [5, 5.41) is 0. The van der Waals surface area contributed by atoms with Crippen molar-refractivity contribution in [2.24, 2.45) is 0 Å². The van der Waals surface area contributed by atoms with Crippen molar-refractivity contribution in [2.75, 3.05) is 7.11 Å². The van der Waals surface area contributed by atoms with Gasteiger partial charge in [-0.3, -0.25) is 4.79 Å². The molecule has 0 aliphatic carbocycles. The van der Waals surface area contributed by atoms with Crippen molar-refractivity contribution in [3.05, 3.63) is 102 Å². The number of esters is 1. The summed E-state index contributed by atoms with van der Waals surface area (Å²) >= 11 is 0. The van der Waals surface area contributed by atoms with E-state index >= 15 is 0 Å². The fourth-order valence-corrected chi connectivity index (χ4v) is 3.47. The van der Waals surface area contributed by atoms with E-state index in [0.717, 1.165) is 34.5 Å². The summed E-state index contributed by atoms with van der Waals surface area (Å²) in [4.78, 5) is 23.7. The highest BCUT2D eigenvalue weighted by Crippen LogP contribution is 2.35. The van der Waals surface area contributed by atoms with Crippen LogP contribution in [0.2, 0.25) is 0 Å². The van der Waals surface area contributed by atoms with Crippen molar-refractivity contribution in [3.8, 4) is 28.2 Å². The first-order valence-electron chi connectivity index (χ1n) is 9.23. The summed E-state index contributed by atoms with van der Waals surface area (Å²) in [5.41, 5.74) is 5.57. The summed E-state index contributed by atoms with van der Waals surface area (Å²) in [5.74, 6) is -0.385. The highest BCUT2D eigenvalue weighted by Gasteiger charge is 2.19. The zero-order valence-electron chi connectivity index (χ0n) is 15.9. The van der Waals surface area contributed by atoms with Gasteiger partial charge in [0.2, 0.25) is 0 Å². The van der Waals surface area contributed by atoms with E-state index in [4.69, 9.17) is 4.74 Å². The monoisotopic (exact) mass is 381 g/mol. The van der Waals surface area contributed by atoms with Crippen LogP contribution in [-0.2, 0) is 4.74 Å². The Morgan fingerprint density at radius 2 is 1.41 bits per heavy atom. The molecular weight excluding hydrogens is 362 g/mol. The van der Waals surface area contributed by atoms with E-state index in [2.05, 4.69) is 4.57 Å². The van der Waals surface area contributed by atoms with Crippen LogP contribution < -0.4 is 0 Å². The van der Waals surface area contributed by atoms with Gasteiger partial charge in [-0.25, -0.2) is 4.79 Å². The predicted molar refractivity (Wildman–Crippen MR) is 113 cm³/mol. The second-order valence-electron chi connectivity index (χ2n) is 6.56. The average Bonchev–Trinajstić information content (AvgIpc) is 3.19. The van der Waals surface area contributed by atoms with Crippen LogP contribution in [-0.4, -0.2) is 23.9 Å². The second kappa shape index (κ2) is 7.98. The lowest BCUT2D eigenvalue weighted by molar-refractivity contribution is 0.0600. The fraction of sp³-hybridized carbons (Fsp3) is 0.0400. The number of carbonyl (C=O) groups is 2. The number of aromatic nitrogens is 1. The molecule has 0 unspecified atom stereocenters. The third-order valence-corrected chi connectivity index (χ3v) is 4.82. The lowest BCUT2D eigenvalue weighted by Gasteiger charge is -2.15. The molecule has 4 aromatic rings. The molecule has 142 valence electrons. The normalized spacial score (nSPS) is 10.5. The molecule has 0 amide bonds. The van der Waals surface area contributed by atoms with Crippen molar-refractivity contribution < 1.29 is 14.3 Å². The number of nitrogens with zero attached hydrogens (tertiary/aromatic N) is 1. The second-order valence-corrected chi connectivity index (χ2v) is 6.56. The van der Waals surface area contributed by atoms with E-state index < -0.39 is 0 Å². The van der Waals surface area contributed by atoms with E-state index in [1.165, 1.54) is 7.11 Å². The molecule has 0 radical (unpaired) electrons. The summed E-state index contributed by atoms with van der Waals surface area (Å²) in [6, 6.07) is 28.8. The molecule has 1 heterocycles. The Hall–Kier alpha value is -3.92. The van der Waals surface area contributed by atoms with Gasteiger partial charge in [-0.15, -0.1) is 0 Å². The largest absolute Gasteiger partial charge is 0.465 e. The molecule has 0 spiro atoms. The van der Waals surface area contributed by atoms with Crippen molar-refractivity contribution >= 4 is 12.3 Å². The molecule has 4 heteroatoms. The molecule has 1 aromatic heterocycles. The standard InChI is InChI=1S/C25H19NO3/c1-29-25(28)20-12-14-22(15-13-20)26-23(18-8-4-2-5-9-18)16-21(17-27)24(26)19-10-6-3-7-11-19/h2-17H,1H3. The van der Waals surface area contributed by atoms with Crippen LogP contribution >= 0.6 is 0 Å². The maximum absolute atomic E-state index is 11.9. The topological polar surface area (TPSA) is 48.3 Å². The molecule has 0 bridgehead atoms. The molecule has 0 atom stereocenters. The summed E-state index contributed by atoms with van der Waals surface area (Å²) in [6.45, 7) is 0. The third-order valence-electron chi connectivity index (χ3n) is 4.82. The maximum Gasteiger partial charge on any atom is 0.337 e. The summed E-state index contributed by atoms with van der Waals surface area (Å²) in [7, 11) is 1.36. The first kappa shape index (κ1) is 18.4. The van der Waals surface area contributed by atoms with Gasteiger partial charge in [0.15, 0.2) is 6.29 Å². The lowest BCUT2D eigenvalue weighted by atomic mass is 10.1.